The van der Waals surface area contributed by atoms with Crippen molar-refractivity contribution in [2.75, 3.05) is 12.4 Å². The van der Waals surface area contributed by atoms with Gasteiger partial charge in [0.15, 0.2) is 0 Å². The van der Waals surface area contributed by atoms with Crippen molar-refractivity contribution in [3.63, 3.8) is 0 Å². The topological polar surface area (TPSA) is 144 Å². The van der Waals surface area contributed by atoms with E-state index >= 15 is 0 Å². The van der Waals surface area contributed by atoms with Crippen LogP contribution in [0.5, 0.6) is 0 Å². The van der Waals surface area contributed by atoms with E-state index in [1.165, 1.54) is 6.92 Å². The van der Waals surface area contributed by atoms with Gasteiger partial charge in [-0.15, -0.1) is 0 Å². The second-order valence-electron chi connectivity index (χ2n) is 4.08. The Morgan fingerprint density at radius 3 is 2.83 bits per heavy atom. The minimum Gasteiger partial charge on any atom is -0.465 e. The average Bonchev–Trinajstić information content (AvgIpc) is 2.81. The van der Waals surface area contributed by atoms with Crippen LogP contribution in [0.4, 0.5) is 17.4 Å². The van der Waals surface area contributed by atoms with Crippen LogP contribution in [-0.4, -0.2) is 28.0 Å². The maximum Gasteiger partial charge on any atom is 0.348 e. The van der Waals surface area contributed by atoms with Gasteiger partial charge in [0.2, 0.25) is 16.9 Å². The molecule has 0 bridgehead atoms. The van der Waals surface area contributed by atoms with E-state index in [-0.39, 0.29) is 33.7 Å². The number of methoxy groups -OCH3 is 1. The molecule has 0 saturated carbocycles. The minimum atomic E-state index is -0.784. The predicted molar refractivity (Wildman–Crippen MR) is 76.5 cm³/mol. The molecule has 2 aromatic heterocycles. The highest BCUT2D eigenvalue weighted by atomic mass is 35.5. The van der Waals surface area contributed by atoms with Crippen LogP contribution in [0.2, 0.25) is 5.15 Å². The number of nitro groups is 1. The fourth-order valence-corrected chi connectivity index (χ4v) is 2.01. The van der Waals surface area contributed by atoms with E-state index < -0.39 is 16.6 Å². The van der Waals surface area contributed by atoms with Gasteiger partial charge in [0.1, 0.15) is 29.3 Å². The van der Waals surface area contributed by atoms with Gasteiger partial charge in [0, 0.05) is 0 Å². The van der Waals surface area contributed by atoms with Gasteiger partial charge in [-0.1, -0.05) is 11.6 Å². The van der Waals surface area contributed by atoms with Crippen molar-refractivity contribution >= 4 is 35.0 Å². The second kappa shape index (κ2) is 6.29. The highest BCUT2D eigenvalue weighted by Gasteiger charge is 2.28. The molecule has 0 aromatic carbocycles. The highest BCUT2D eigenvalue weighted by molar-refractivity contribution is 6.31. The van der Waals surface area contributed by atoms with Gasteiger partial charge in [-0.2, -0.15) is 5.26 Å². The molecule has 0 aliphatic carbocycles. The number of nitrogens with one attached hydrogen (secondary N) is 1. The number of aromatic nitrogens is 2. The van der Waals surface area contributed by atoms with Crippen LogP contribution < -0.4 is 5.32 Å². The third-order valence-electron chi connectivity index (χ3n) is 2.78. The summed E-state index contributed by atoms with van der Waals surface area (Å²) >= 11 is 5.67. The van der Waals surface area contributed by atoms with Crippen LogP contribution in [0.15, 0.2) is 10.7 Å². The number of halogens is 1. The van der Waals surface area contributed by atoms with Gasteiger partial charge >= 0.3 is 11.7 Å². The van der Waals surface area contributed by atoms with E-state index in [0.717, 1.165) is 13.4 Å². The lowest BCUT2D eigenvalue weighted by Crippen LogP contribution is -2.05. The summed E-state index contributed by atoms with van der Waals surface area (Å²) < 4.78 is 9.85. The molecule has 10 nitrogen and oxygen atoms in total. The molecule has 0 atom stereocenters. The lowest BCUT2D eigenvalue weighted by molar-refractivity contribution is -0.384. The third kappa shape index (κ3) is 2.90. The number of nitrogens with zero attached hydrogens (tertiary/aromatic N) is 4. The van der Waals surface area contributed by atoms with Crippen LogP contribution in [0.25, 0.3) is 0 Å². The van der Waals surface area contributed by atoms with Gasteiger partial charge in [0.05, 0.1) is 12.0 Å². The standard InChI is InChI=1S/C12H8ClN5O5/c1-5-7(12(19)22-2)6(3-14)11(23-5)17-10-8(18(20)21)9(13)15-4-16-10/h4H,1-2H3,(H,15,16,17). The average molecular weight is 338 g/mol. The van der Waals surface area contributed by atoms with E-state index in [4.69, 9.17) is 16.0 Å². The van der Waals surface area contributed by atoms with E-state index in [1.807, 2.05) is 0 Å². The van der Waals surface area contributed by atoms with Crippen molar-refractivity contribution in [3.05, 3.63) is 38.5 Å². The number of carbonyl (C=O) groups is 1. The lowest BCUT2D eigenvalue weighted by Gasteiger charge is -2.04. The normalized spacial score (nSPS) is 10.0. The van der Waals surface area contributed by atoms with E-state index in [9.17, 15) is 20.2 Å². The fraction of sp³-hybridized carbons (Fsp3) is 0.167. The zero-order valence-electron chi connectivity index (χ0n) is 11.8. The molecule has 2 aromatic rings. The summed E-state index contributed by atoms with van der Waals surface area (Å²) in [4.78, 5) is 29.2. The first-order valence-electron chi connectivity index (χ1n) is 5.94. The molecule has 0 fully saturated rings. The minimum absolute atomic E-state index is 0.0830. The molecule has 0 saturated heterocycles. The number of nitriles is 1. The smallest absolute Gasteiger partial charge is 0.348 e. The Morgan fingerprint density at radius 1 is 1.57 bits per heavy atom. The van der Waals surface area contributed by atoms with Crippen LogP contribution in [0, 0.1) is 28.4 Å². The van der Waals surface area contributed by atoms with Crippen molar-refractivity contribution in [1.29, 1.82) is 5.26 Å². The molecule has 0 radical (unpaired) electrons. The summed E-state index contributed by atoms with van der Waals surface area (Å²) in [6.07, 6.45) is 1.00. The molecule has 2 heterocycles. The first kappa shape index (κ1) is 16.2. The maximum atomic E-state index is 11.7. The SMILES string of the molecule is COC(=O)c1c(C)oc(Nc2ncnc(Cl)c2[N+](=O)[O-])c1C#N. The number of hydrogen-bond acceptors (Lipinski definition) is 9. The largest absolute Gasteiger partial charge is 0.465 e. The third-order valence-corrected chi connectivity index (χ3v) is 3.05. The van der Waals surface area contributed by atoms with Gasteiger partial charge in [-0.25, -0.2) is 14.8 Å². The van der Waals surface area contributed by atoms with E-state index in [1.54, 1.807) is 6.07 Å². The Kier molecular flexibility index (Phi) is 4.42. The van der Waals surface area contributed by atoms with Crippen molar-refractivity contribution in [1.82, 2.24) is 9.97 Å². The number of aryl methyl sites for hydroxylation is 1. The summed E-state index contributed by atoms with van der Waals surface area (Å²) in [6.45, 7) is 1.44. The molecule has 0 amide bonds. The fourth-order valence-electron chi connectivity index (χ4n) is 1.81. The van der Waals surface area contributed by atoms with E-state index in [0.29, 0.717) is 0 Å². The Morgan fingerprint density at radius 2 is 2.26 bits per heavy atom. The second-order valence-corrected chi connectivity index (χ2v) is 4.44. The number of carbonyl (C=O) groups excluding carboxylic acids is 1. The van der Waals surface area contributed by atoms with Crippen LogP contribution >= 0.6 is 11.6 Å². The maximum absolute atomic E-state index is 11.7. The summed E-state index contributed by atoms with van der Waals surface area (Å²) in [5.41, 5.74) is -0.842. The molecule has 0 aliphatic heterocycles. The molecule has 0 aliphatic rings. The van der Waals surface area contributed by atoms with E-state index in [2.05, 4.69) is 20.0 Å². The molecule has 2 rings (SSSR count). The molecular formula is C12H8ClN5O5. The quantitative estimate of drug-likeness (QED) is 0.384. The number of ether oxygens (including phenoxy) is 1. The monoisotopic (exact) mass is 337 g/mol. The van der Waals surface area contributed by atoms with Gasteiger partial charge in [-0.3, -0.25) is 10.1 Å². The van der Waals surface area contributed by atoms with Crippen molar-refractivity contribution in [2.24, 2.45) is 0 Å². The Bertz CT molecular complexity index is 841. The zero-order valence-corrected chi connectivity index (χ0v) is 12.5. The molecule has 118 valence electrons. The van der Waals surface area contributed by atoms with Crippen molar-refractivity contribution < 1.29 is 18.9 Å². The molecule has 23 heavy (non-hydrogen) atoms. The van der Waals surface area contributed by atoms with Gasteiger partial charge in [0.25, 0.3) is 0 Å². The van der Waals surface area contributed by atoms with Crippen LogP contribution in [0.3, 0.4) is 0 Å². The first-order valence-corrected chi connectivity index (χ1v) is 6.32. The Labute approximate surface area is 133 Å². The molecule has 0 unspecified atom stereocenters. The zero-order chi connectivity index (χ0) is 17.1. The molecule has 0 spiro atoms. The first-order chi connectivity index (χ1) is 10.9. The number of hydrogen-bond donors (Lipinski definition) is 1. The molecule has 11 heteroatoms. The van der Waals surface area contributed by atoms with Gasteiger partial charge in [-0.05, 0) is 6.92 Å². The number of rotatable bonds is 4. The summed E-state index contributed by atoms with van der Waals surface area (Å²) in [6, 6.07) is 1.78. The summed E-state index contributed by atoms with van der Waals surface area (Å²) in [7, 11) is 1.15. The summed E-state index contributed by atoms with van der Waals surface area (Å²) in [5, 5.41) is 22.4. The van der Waals surface area contributed by atoms with Crippen LogP contribution in [-0.2, 0) is 4.74 Å². The predicted octanol–water partition coefficient (Wildman–Crippen LogP) is 2.34. The molecular weight excluding hydrogens is 330 g/mol. The van der Waals surface area contributed by atoms with Gasteiger partial charge < -0.3 is 14.5 Å². The Balaban J connectivity index is 2.55. The number of anilines is 2. The Hall–Kier alpha value is -3.19. The van der Waals surface area contributed by atoms with Crippen LogP contribution in [0.1, 0.15) is 21.7 Å². The number of furan rings is 1. The summed E-state index contributed by atoms with van der Waals surface area (Å²) in [5.74, 6) is -1.13. The molecule has 1 N–H and O–H groups in total. The van der Waals surface area contributed by atoms with Crippen molar-refractivity contribution in [3.8, 4) is 6.07 Å². The van der Waals surface area contributed by atoms with Crippen molar-refractivity contribution in [2.45, 2.75) is 6.92 Å². The highest BCUT2D eigenvalue weighted by Crippen LogP contribution is 2.34. The lowest BCUT2D eigenvalue weighted by atomic mass is 10.1. The number of esters is 1.